The highest BCUT2D eigenvalue weighted by molar-refractivity contribution is 6.31. The molecule has 2 atom stereocenters. The van der Waals surface area contributed by atoms with Crippen LogP contribution in [-0.2, 0) is 11.3 Å². The second-order valence-corrected chi connectivity index (χ2v) is 6.15. The van der Waals surface area contributed by atoms with E-state index in [9.17, 15) is 19.3 Å². The number of nitrogens with zero attached hydrogens (tertiary/aromatic N) is 1. The molecular formula is C17H18ClFN3O3+. The van der Waals surface area contributed by atoms with Crippen LogP contribution in [0.2, 0.25) is 5.02 Å². The Morgan fingerprint density at radius 1 is 1.36 bits per heavy atom. The summed E-state index contributed by atoms with van der Waals surface area (Å²) in [5.41, 5.74) is 0.573. The quantitative estimate of drug-likeness (QED) is 0.609. The molecule has 0 saturated carbocycles. The monoisotopic (exact) mass is 366 g/mol. The summed E-state index contributed by atoms with van der Waals surface area (Å²) in [6.45, 7) is 1.92. The highest BCUT2D eigenvalue weighted by Gasteiger charge is 2.24. The Morgan fingerprint density at radius 2 is 2.04 bits per heavy atom. The van der Waals surface area contributed by atoms with Gasteiger partial charge in [0.1, 0.15) is 12.4 Å². The standard InChI is InChI=1S/C17H17ClFN3O3/c1-11(21(2)10-14-15(18)7-4-8-16(14)19)17(23)20-12-5-3-6-13(9-12)22(24)25/h3-9,11H,10H2,1-2H3,(H,20,23)/p+1/t11-/m1/s1. The summed E-state index contributed by atoms with van der Waals surface area (Å²) in [7, 11) is 1.75. The smallest absolute Gasteiger partial charge is 0.282 e. The van der Waals surface area contributed by atoms with Crippen LogP contribution in [0.25, 0.3) is 0 Å². The van der Waals surface area contributed by atoms with E-state index < -0.39 is 16.8 Å². The zero-order valence-electron chi connectivity index (χ0n) is 13.8. The van der Waals surface area contributed by atoms with Crippen LogP contribution >= 0.6 is 11.6 Å². The Bertz CT molecular complexity index is 780. The van der Waals surface area contributed by atoms with Gasteiger partial charge in [-0.15, -0.1) is 0 Å². The minimum Gasteiger partial charge on any atom is -0.323 e. The van der Waals surface area contributed by atoms with E-state index in [1.807, 2.05) is 0 Å². The number of quaternary nitrogens is 1. The lowest BCUT2D eigenvalue weighted by Crippen LogP contribution is -3.12. The molecule has 1 unspecified atom stereocenters. The summed E-state index contributed by atoms with van der Waals surface area (Å²) in [4.78, 5) is 23.4. The van der Waals surface area contributed by atoms with E-state index in [1.54, 1.807) is 26.1 Å². The Balaban J connectivity index is 2.06. The fourth-order valence-corrected chi connectivity index (χ4v) is 2.53. The highest BCUT2D eigenvalue weighted by Crippen LogP contribution is 2.18. The Morgan fingerprint density at radius 3 is 2.68 bits per heavy atom. The van der Waals surface area contributed by atoms with Crippen molar-refractivity contribution in [2.45, 2.75) is 19.5 Å². The van der Waals surface area contributed by atoms with Crippen molar-refractivity contribution in [1.29, 1.82) is 0 Å². The van der Waals surface area contributed by atoms with Crippen molar-refractivity contribution in [2.75, 3.05) is 12.4 Å². The number of anilines is 1. The van der Waals surface area contributed by atoms with Crippen molar-refractivity contribution < 1.29 is 19.0 Å². The lowest BCUT2D eigenvalue weighted by atomic mass is 10.1. The number of non-ortho nitro benzene ring substituents is 1. The molecule has 0 aliphatic rings. The zero-order valence-corrected chi connectivity index (χ0v) is 14.5. The summed E-state index contributed by atoms with van der Waals surface area (Å²) < 4.78 is 13.9. The first-order chi connectivity index (χ1) is 11.8. The van der Waals surface area contributed by atoms with Crippen LogP contribution in [0.15, 0.2) is 42.5 Å². The molecule has 0 heterocycles. The van der Waals surface area contributed by atoms with Gasteiger partial charge in [-0.3, -0.25) is 14.9 Å². The summed E-state index contributed by atoms with van der Waals surface area (Å²) >= 11 is 6.02. The van der Waals surface area contributed by atoms with Gasteiger partial charge in [-0.05, 0) is 25.1 Å². The maximum absolute atomic E-state index is 13.9. The lowest BCUT2D eigenvalue weighted by molar-refractivity contribution is -0.908. The zero-order chi connectivity index (χ0) is 18.6. The van der Waals surface area contributed by atoms with Gasteiger partial charge >= 0.3 is 0 Å². The number of nitrogens with one attached hydrogen (secondary N) is 2. The first kappa shape index (κ1) is 18.8. The molecule has 0 bridgehead atoms. The third-order valence-corrected chi connectivity index (χ3v) is 4.33. The molecule has 0 saturated heterocycles. The van der Waals surface area contributed by atoms with E-state index in [1.165, 1.54) is 30.3 Å². The third kappa shape index (κ3) is 4.74. The predicted octanol–water partition coefficient (Wildman–Crippen LogP) is 2.43. The van der Waals surface area contributed by atoms with Gasteiger partial charge in [0.05, 0.1) is 22.6 Å². The highest BCUT2D eigenvalue weighted by atomic mass is 35.5. The number of benzene rings is 2. The van der Waals surface area contributed by atoms with E-state index in [0.717, 1.165) is 4.90 Å². The fourth-order valence-electron chi connectivity index (χ4n) is 2.30. The summed E-state index contributed by atoms with van der Waals surface area (Å²) in [6, 6.07) is 9.62. The second-order valence-electron chi connectivity index (χ2n) is 5.74. The second kappa shape index (κ2) is 8.04. The van der Waals surface area contributed by atoms with Gasteiger partial charge in [0.15, 0.2) is 6.04 Å². The van der Waals surface area contributed by atoms with Crippen LogP contribution in [0.5, 0.6) is 0 Å². The number of amides is 1. The normalized spacial score (nSPS) is 13.1. The molecule has 6 nitrogen and oxygen atoms in total. The van der Waals surface area contributed by atoms with Gasteiger partial charge in [-0.2, -0.15) is 0 Å². The van der Waals surface area contributed by atoms with E-state index in [-0.39, 0.29) is 18.1 Å². The molecule has 8 heteroatoms. The topological polar surface area (TPSA) is 76.7 Å². The lowest BCUT2D eigenvalue weighted by Gasteiger charge is -2.21. The molecule has 1 amide bonds. The minimum absolute atomic E-state index is 0.107. The molecule has 0 fully saturated rings. The largest absolute Gasteiger partial charge is 0.323 e. The van der Waals surface area contributed by atoms with Crippen molar-refractivity contribution in [1.82, 2.24) is 0 Å². The van der Waals surface area contributed by atoms with Crippen molar-refractivity contribution in [3.8, 4) is 0 Å². The first-order valence-electron chi connectivity index (χ1n) is 7.60. The third-order valence-electron chi connectivity index (χ3n) is 3.97. The average Bonchev–Trinajstić information content (AvgIpc) is 2.57. The number of rotatable bonds is 6. The number of carbonyl (C=O) groups is 1. The van der Waals surface area contributed by atoms with Gasteiger partial charge < -0.3 is 10.2 Å². The van der Waals surface area contributed by atoms with Crippen LogP contribution in [0.4, 0.5) is 15.8 Å². The molecule has 25 heavy (non-hydrogen) atoms. The number of nitro groups is 1. The molecule has 0 radical (unpaired) electrons. The van der Waals surface area contributed by atoms with E-state index in [0.29, 0.717) is 16.3 Å². The van der Waals surface area contributed by atoms with Crippen LogP contribution in [0, 0.1) is 15.9 Å². The number of halogens is 2. The van der Waals surface area contributed by atoms with Gasteiger partial charge in [-0.1, -0.05) is 23.7 Å². The van der Waals surface area contributed by atoms with Gasteiger partial charge in [-0.25, -0.2) is 4.39 Å². The first-order valence-corrected chi connectivity index (χ1v) is 7.98. The SMILES string of the molecule is C[C@H](C(=O)Nc1cccc([N+](=O)[O-])c1)[NH+](C)Cc1c(F)cccc1Cl. The fraction of sp³-hybridized carbons (Fsp3) is 0.235. The number of hydrogen-bond acceptors (Lipinski definition) is 3. The Kier molecular flexibility index (Phi) is 6.06. The maximum Gasteiger partial charge on any atom is 0.282 e. The van der Waals surface area contributed by atoms with Crippen molar-refractivity contribution in [2.24, 2.45) is 0 Å². The molecule has 2 N–H and O–H groups in total. The Hall–Kier alpha value is -2.51. The molecular weight excluding hydrogens is 349 g/mol. The molecule has 2 aromatic carbocycles. The molecule has 0 aliphatic heterocycles. The molecule has 0 aliphatic carbocycles. The summed E-state index contributed by atoms with van der Waals surface area (Å²) in [5.74, 6) is -0.747. The maximum atomic E-state index is 13.9. The van der Waals surface area contributed by atoms with Crippen LogP contribution < -0.4 is 10.2 Å². The van der Waals surface area contributed by atoms with E-state index in [4.69, 9.17) is 11.6 Å². The van der Waals surface area contributed by atoms with E-state index >= 15 is 0 Å². The molecule has 132 valence electrons. The van der Waals surface area contributed by atoms with Crippen molar-refractivity contribution >= 4 is 28.9 Å². The van der Waals surface area contributed by atoms with Gasteiger partial charge in [0.25, 0.3) is 11.6 Å². The van der Waals surface area contributed by atoms with Crippen LogP contribution in [0.3, 0.4) is 0 Å². The molecule has 0 aromatic heterocycles. The van der Waals surface area contributed by atoms with Crippen LogP contribution in [0.1, 0.15) is 12.5 Å². The Labute approximate surface area is 149 Å². The predicted molar refractivity (Wildman–Crippen MR) is 93.2 cm³/mol. The van der Waals surface area contributed by atoms with Crippen molar-refractivity contribution in [3.63, 3.8) is 0 Å². The molecule has 2 aromatic rings. The van der Waals surface area contributed by atoms with E-state index in [2.05, 4.69) is 5.32 Å². The number of carbonyl (C=O) groups excluding carboxylic acids is 1. The molecule has 2 rings (SSSR count). The van der Waals surface area contributed by atoms with Crippen LogP contribution in [-0.4, -0.2) is 23.9 Å². The minimum atomic E-state index is -0.531. The summed E-state index contributed by atoms with van der Waals surface area (Å²) in [6.07, 6.45) is 0. The van der Waals surface area contributed by atoms with Gasteiger partial charge in [0, 0.05) is 17.8 Å². The average molecular weight is 367 g/mol. The summed E-state index contributed by atoms with van der Waals surface area (Å²) in [5, 5.41) is 13.7. The number of likely N-dealkylation sites (N-methyl/N-ethyl adjacent to an activating group) is 1. The van der Waals surface area contributed by atoms with Gasteiger partial charge in [0.2, 0.25) is 0 Å². The molecule has 0 spiro atoms. The van der Waals surface area contributed by atoms with Crippen molar-refractivity contribution in [3.05, 3.63) is 69.0 Å². The number of hydrogen-bond donors (Lipinski definition) is 2. The number of nitro benzene ring substituents is 1.